The summed E-state index contributed by atoms with van der Waals surface area (Å²) in [4.78, 5) is 13.0. The molecule has 0 N–H and O–H groups in total. The van der Waals surface area contributed by atoms with Gasteiger partial charge in [-0.15, -0.1) is 0 Å². The SMILES string of the molecule is COc1ccc(COc2cc(C)c3c(c2)O/C(=C\c2ccc(C(C)(C)C)cc2)C3=O)cc1. The Morgan fingerprint density at radius 3 is 2.25 bits per heavy atom. The number of ketones is 1. The zero-order chi connectivity index (χ0) is 22.9. The molecule has 3 aromatic carbocycles. The molecule has 0 amide bonds. The van der Waals surface area contributed by atoms with Gasteiger partial charge in [-0.3, -0.25) is 4.79 Å². The van der Waals surface area contributed by atoms with Gasteiger partial charge in [0.15, 0.2) is 5.76 Å². The standard InChI is InChI=1S/C28H28O4/c1-18-14-23(31-17-20-8-12-22(30-5)13-9-20)16-24-26(18)27(29)25(32-24)15-19-6-10-21(11-7-19)28(2,3)4/h6-16H,17H2,1-5H3/b25-15-. The minimum Gasteiger partial charge on any atom is -0.497 e. The Bertz CT molecular complexity index is 1160. The fourth-order valence-electron chi connectivity index (χ4n) is 3.68. The largest absolute Gasteiger partial charge is 0.497 e. The fourth-order valence-corrected chi connectivity index (χ4v) is 3.68. The highest BCUT2D eigenvalue weighted by Gasteiger charge is 2.30. The van der Waals surface area contributed by atoms with Crippen molar-refractivity contribution in [2.24, 2.45) is 0 Å². The second kappa shape index (κ2) is 8.54. The number of aryl methyl sites for hydroxylation is 1. The maximum atomic E-state index is 13.0. The first-order chi connectivity index (χ1) is 15.2. The third-order valence-corrected chi connectivity index (χ3v) is 5.58. The molecule has 0 bridgehead atoms. The van der Waals surface area contributed by atoms with Gasteiger partial charge >= 0.3 is 0 Å². The van der Waals surface area contributed by atoms with Crippen LogP contribution in [0.1, 0.15) is 53.4 Å². The molecule has 0 aliphatic carbocycles. The van der Waals surface area contributed by atoms with Crippen LogP contribution in [0.2, 0.25) is 0 Å². The number of carbonyl (C=O) groups excluding carboxylic acids is 1. The molecule has 4 nitrogen and oxygen atoms in total. The number of methoxy groups -OCH3 is 1. The Hall–Kier alpha value is -3.53. The molecule has 4 rings (SSSR count). The summed E-state index contributed by atoms with van der Waals surface area (Å²) in [5.41, 5.74) is 4.73. The fraction of sp³-hybridized carbons (Fsp3) is 0.250. The van der Waals surface area contributed by atoms with E-state index in [9.17, 15) is 4.79 Å². The van der Waals surface area contributed by atoms with Gasteiger partial charge in [0.2, 0.25) is 5.78 Å². The van der Waals surface area contributed by atoms with Crippen molar-refractivity contribution in [2.75, 3.05) is 7.11 Å². The molecule has 32 heavy (non-hydrogen) atoms. The highest BCUT2D eigenvalue weighted by Crippen LogP contribution is 2.38. The first-order valence-corrected chi connectivity index (χ1v) is 10.7. The van der Waals surface area contributed by atoms with E-state index in [1.165, 1.54) is 5.56 Å². The summed E-state index contributed by atoms with van der Waals surface area (Å²) in [5.74, 6) is 2.25. The average Bonchev–Trinajstić information content (AvgIpc) is 3.08. The number of carbonyl (C=O) groups is 1. The lowest BCUT2D eigenvalue weighted by Crippen LogP contribution is -2.10. The molecule has 3 aromatic rings. The molecule has 0 unspecified atom stereocenters. The smallest absolute Gasteiger partial charge is 0.232 e. The van der Waals surface area contributed by atoms with E-state index in [4.69, 9.17) is 14.2 Å². The molecule has 4 heteroatoms. The molecule has 1 heterocycles. The Kier molecular flexibility index (Phi) is 5.79. The minimum absolute atomic E-state index is 0.0842. The number of allylic oxidation sites excluding steroid dienone is 1. The van der Waals surface area contributed by atoms with Crippen LogP contribution in [0.5, 0.6) is 17.2 Å². The number of Topliss-reactive ketones (excluding diaryl/α,β-unsaturated/α-hetero) is 1. The number of rotatable bonds is 5. The lowest BCUT2D eigenvalue weighted by Gasteiger charge is -2.18. The molecule has 1 aliphatic heterocycles. The maximum Gasteiger partial charge on any atom is 0.232 e. The number of hydrogen-bond donors (Lipinski definition) is 0. The number of fused-ring (bicyclic) bond motifs is 1. The van der Waals surface area contributed by atoms with Crippen LogP contribution in [0.15, 0.2) is 66.4 Å². The monoisotopic (exact) mass is 428 g/mol. The second-order valence-corrected chi connectivity index (χ2v) is 9.06. The van der Waals surface area contributed by atoms with E-state index >= 15 is 0 Å². The molecule has 0 spiro atoms. The maximum absolute atomic E-state index is 13.0. The third-order valence-electron chi connectivity index (χ3n) is 5.58. The summed E-state index contributed by atoms with van der Waals surface area (Å²) < 4.78 is 17.1. The average molecular weight is 429 g/mol. The first-order valence-electron chi connectivity index (χ1n) is 10.7. The van der Waals surface area contributed by atoms with Crippen LogP contribution in [0.3, 0.4) is 0 Å². The predicted molar refractivity (Wildman–Crippen MR) is 127 cm³/mol. The number of ether oxygens (including phenoxy) is 3. The molecule has 0 fully saturated rings. The minimum atomic E-state index is -0.0981. The zero-order valence-electron chi connectivity index (χ0n) is 19.2. The van der Waals surface area contributed by atoms with Gasteiger partial charge in [-0.2, -0.15) is 0 Å². The van der Waals surface area contributed by atoms with Gasteiger partial charge in [-0.25, -0.2) is 0 Å². The van der Waals surface area contributed by atoms with Gasteiger partial charge < -0.3 is 14.2 Å². The van der Waals surface area contributed by atoms with Gasteiger partial charge in [0.05, 0.1) is 12.7 Å². The van der Waals surface area contributed by atoms with E-state index < -0.39 is 0 Å². The topological polar surface area (TPSA) is 44.8 Å². The lowest BCUT2D eigenvalue weighted by atomic mass is 9.86. The summed E-state index contributed by atoms with van der Waals surface area (Å²) in [6, 6.07) is 19.6. The third kappa shape index (κ3) is 4.54. The molecule has 0 atom stereocenters. The Balaban J connectivity index is 1.51. The Morgan fingerprint density at radius 2 is 1.62 bits per heavy atom. The van der Waals surface area contributed by atoms with Gasteiger partial charge in [-0.05, 0) is 58.9 Å². The normalized spacial score (nSPS) is 14.3. The van der Waals surface area contributed by atoms with Crippen molar-refractivity contribution in [3.63, 3.8) is 0 Å². The molecule has 0 saturated carbocycles. The van der Waals surface area contributed by atoms with Crippen molar-refractivity contribution < 1.29 is 19.0 Å². The van der Waals surface area contributed by atoms with Crippen LogP contribution < -0.4 is 14.2 Å². The summed E-state index contributed by atoms with van der Waals surface area (Å²) in [5, 5.41) is 0. The summed E-state index contributed by atoms with van der Waals surface area (Å²) in [6.45, 7) is 8.85. The van der Waals surface area contributed by atoms with Crippen LogP contribution in [-0.4, -0.2) is 12.9 Å². The van der Waals surface area contributed by atoms with Gasteiger partial charge in [-0.1, -0.05) is 57.2 Å². The quantitative estimate of drug-likeness (QED) is 0.435. The van der Waals surface area contributed by atoms with E-state index in [-0.39, 0.29) is 11.2 Å². The summed E-state index contributed by atoms with van der Waals surface area (Å²) >= 11 is 0. The van der Waals surface area contributed by atoms with E-state index in [2.05, 4.69) is 32.9 Å². The molecule has 164 valence electrons. The van der Waals surface area contributed by atoms with Crippen LogP contribution in [0, 0.1) is 6.92 Å². The van der Waals surface area contributed by atoms with Crippen molar-refractivity contribution in [1.29, 1.82) is 0 Å². The highest BCUT2D eigenvalue weighted by molar-refractivity contribution is 6.15. The zero-order valence-corrected chi connectivity index (χ0v) is 19.2. The van der Waals surface area contributed by atoms with Gasteiger partial charge in [0.25, 0.3) is 0 Å². The van der Waals surface area contributed by atoms with Crippen LogP contribution in [-0.2, 0) is 12.0 Å². The van der Waals surface area contributed by atoms with Crippen molar-refractivity contribution in [1.82, 2.24) is 0 Å². The molecular weight excluding hydrogens is 400 g/mol. The van der Waals surface area contributed by atoms with E-state index in [0.717, 1.165) is 22.4 Å². The number of benzene rings is 3. The Labute approximate surface area is 189 Å². The molecule has 0 saturated heterocycles. The molecular formula is C28H28O4. The Morgan fingerprint density at radius 1 is 0.938 bits per heavy atom. The number of hydrogen-bond acceptors (Lipinski definition) is 4. The van der Waals surface area contributed by atoms with Crippen molar-refractivity contribution in [3.05, 3.63) is 94.2 Å². The molecule has 0 radical (unpaired) electrons. The van der Waals surface area contributed by atoms with Crippen LogP contribution in [0.4, 0.5) is 0 Å². The summed E-state index contributed by atoms with van der Waals surface area (Å²) in [7, 11) is 1.64. The van der Waals surface area contributed by atoms with E-state index in [1.54, 1.807) is 19.3 Å². The van der Waals surface area contributed by atoms with E-state index in [1.807, 2.05) is 49.4 Å². The molecule has 0 aromatic heterocycles. The van der Waals surface area contributed by atoms with Crippen molar-refractivity contribution in [2.45, 2.75) is 39.7 Å². The molecule has 1 aliphatic rings. The van der Waals surface area contributed by atoms with Crippen molar-refractivity contribution >= 4 is 11.9 Å². The summed E-state index contributed by atoms with van der Waals surface area (Å²) in [6.07, 6.45) is 1.80. The highest BCUT2D eigenvalue weighted by atomic mass is 16.5. The van der Waals surface area contributed by atoms with Gasteiger partial charge in [0.1, 0.15) is 23.9 Å². The second-order valence-electron chi connectivity index (χ2n) is 9.06. The first kappa shape index (κ1) is 21.7. The van der Waals surface area contributed by atoms with Crippen LogP contribution >= 0.6 is 0 Å². The predicted octanol–water partition coefficient (Wildman–Crippen LogP) is 6.50. The lowest BCUT2D eigenvalue weighted by molar-refractivity contribution is 0.101. The van der Waals surface area contributed by atoms with E-state index in [0.29, 0.717) is 29.4 Å². The van der Waals surface area contributed by atoms with Crippen molar-refractivity contribution in [3.8, 4) is 17.2 Å². The van der Waals surface area contributed by atoms with Crippen LogP contribution in [0.25, 0.3) is 6.08 Å². The van der Waals surface area contributed by atoms with Gasteiger partial charge in [0, 0.05) is 6.07 Å².